The van der Waals surface area contributed by atoms with E-state index in [0.717, 1.165) is 0 Å². The highest BCUT2D eigenvalue weighted by atomic mass is 16.4. The number of hydrogen-bond donors (Lipinski definition) is 3. The number of guanidine groups is 1. The maximum absolute atomic E-state index is 11.6. The molecule has 0 fully saturated rings. The molecule has 0 spiro atoms. The Morgan fingerprint density at radius 3 is 2.31 bits per heavy atom. The fourth-order valence-corrected chi connectivity index (χ4v) is 1.01. The number of benzene rings is 1. The van der Waals surface area contributed by atoms with Gasteiger partial charge in [-0.25, -0.2) is 4.79 Å². The molecule has 0 radical (unpaired) electrons. The maximum Gasteiger partial charge on any atom is 0.411 e. The molecule has 0 aromatic heterocycles. The second-order valence-electron chi connectivity index (χ2n) is 2.82. The SMILES string of the molecule is CN=C(NC(=O)O)NC(=O)c1ccccc1. The quantitative estimate of drug-likeness (QED) is 0.480. The van der Waals surface area contributed by atoms with Gasteiger partial charge >= 0.3 is 6.09 Å². The van der Waals surface area contributed by atoms with Gasteiger partial charge in [0.25, 0.3) is 5.91 Å². The van der Waals surface area contributed by atoms with Gasteiger partial charge in [-0.15, -0.1) is 0 Å². The number of carbonyl (C=O) groups excluding carboxylic acids is 1. The first-order chi connectivity index (χ1) is 7.63. The van der Waals surface area contributed by atoms with Crippen LogP contribution in [-0.4, -0.2) is 30.1 Å². The Morgan fingerprint density at radius 2 is 1.81 bits per heavy atom. The van der Waals surface area contributed by atoms with Crippen molar-refractivity contribution < 1.29 is 14.7 Å². The molecule has 1 rings (SSSR count). The minimum absolute atomic E-state index is 0.110. The van der Waals surface area contributed by atoms with Crippen molar-refractivity contribution in [3.63, 3.8) is 0 Å². The van der Waals surface area contributed by atoms with Gasteiger partial charge in [0.2, 0.25) is 5.96 Å². The lowest BCUT2D eigenvalue weighted by atomic mass is 10.2. The van der Waals surface area contributed by atoms with Crippen LogP contribution in [-0.2, 0) is 0 Å². The number of amides is 2. The molecule has 2 amide bonds. The van der Waals surface area contributed by atoms with E-state index in [1.807, 2.05) is 5.32 Å². The predicted octanol–water partition coefficient (Wildman–Crippen LogP) is 0.670. The van der Waals surface area contributed by atoms with Gasteiger partial charge in [-0.2, -0.15) is 0 Å². The molecule has 1 aromatic rings. The van der Waals surface area contributed by atoms with Crippen LogP contribution < -0.4 is 10.6 Å². The lowest BCUT2D eigenvalue weighted by Crippen LogP contribution is -2.43. The fraction of sp³-hybridized carbons (Fsp3) is 0.100. The molecular formula is C10H11N3O3. The van der Waals surface area contributed by atoms with Crippen LogP contribution in [0.3, 0.4) is 0 Å². The van der Waals surface area contributed by atoms with Crippen molar-refractivity contribution in [1.82, 2.24) is 10.6 Å². The standard InChI is InChI=1S/C10H11N3O3/c1-11-9(13-10(15)16)12-8(14)7-5-3-2-4-6-7/h2-6H,1H3,(H,15,16)(H2,11,12,13,14). The molecule has 0 unspecified atom stereocenters. The summed E-state index contributed by atoms with van der Waals surface area (Å²) in [4.78, 5) is 25.5. The van der Waals surface area contributed by atoms with Crippen LogP contribution in [0.2, 0.25) is 0 Å². The van der Waals surface area contributed by atoms with Crippen LogP contribution in [0, 0.1) is 0 Å². The van der Waals surface area contributed by atoms with Crippen molar-refractivity contribution >= 4 is 18.0 Å². The number of hydrogen-bond acceptors (Lipinski definition) is 3. The highest BCUT2D eigenvalue weighted by molar-refractivity contribution is 6.08. The van der Waals surface area contributed by atoms with E-state index in [9.17, 15) is 9.59 Å². The van der Waals surface area contributed by atoms with Gasteiger partial charge in [0.1, 0.15) is 0 Å². The van der Waals surface area contributed by atoms with E-state index in [1.54, 1.807) is 30.3 Å². The molecule has 0 heterocycles. The smallest absolute Gasteiger partial charge is 0.411 e. The summed E-state index contributed by atoms with van der Waals surface area (Å²) in [5.74, 6) is -0.531. The Morgan fingerprint density at radius 1 is 1.19 bits per heavy atom. The Hall–Kier alpha value is -2.37. The number of nitrogens with one attached hydrogen (secondary N) is 2. The summed E-state index contributed by atoms with van der Waals surface area (Å²) in [7, 11) is 1.37. The molecule has 0 saturated heterocycles. The van der Waals surface area contributed by atoms with Crippen molar-refractivity contribution in [1.29, 1.82) is 0 Å². The van der Waals surface area contributed by atoms with E-state index in [4.69, 9.17) is 5.11 Å². The lowest BCUT2D eigenvalue weighted by molar-refractivity contribution is 0.0976. The number of carboxylic acid groups (broad SMARTS) is 1. The number of nitrogens with zero attached hydrogens (tertiary/aromatic N) is 1. The van der Waals surface area contributed by atoms with Crippen molar-refractivity contribution in [3.8, 4) is 0 Å². The summed E-state index contributed by atoms with van der Waals surface area (Å²) in [5, 5.41) is 12.8. The Kier molecular flexibility index (Phi) is 4.02. The van der Waals surface area contributed by atoms with Crippen molar-refractivity contribution in [2.75, 3.05) is 7.05 Å². The molecule has 84 valence electrons. The van der Waals surface area contributed by atoms with Crippen LogP contribution in [0.25, 0.3) is 0 Å². The molecule has 0 bridgehead atoms. The second-order valence-corrected chi connectivity index (χ2v) is 2.82. The van der Waals surface area contributed by atoms with Gasteiger partial charge in [0.05, 0.1) is 0 Å². The molecule has 0 aliphatic rings. The summed E-state index contributed by atoms with van der Waals surface area (Å²) in [5.41, 5.74) is 0.427. The Bertz CT molecular complexity index is 415. The van der Waals surface area contributed by atoms with Crippen molar-refractivity contribution in [2.45, 2.75) is 0 Å². The monoisotopic (exact) mass is 221 g/mol. The molecule has 6 nitrogen and oxygen atoms in total. The van der Waals surface area contributed by atoms with Crippen LogP contribution in [0.1, 0.15) is 10.4 Å². The molecule has 3 N–H and O–H groups in total. The topological polar surface area (TPSA) is 90.8 Å². The second kappa shape index (κ2) is 5.50. The van der Waals surface area contributed by atoms with Crippen LogP contribution in [0.4, 0.5) is 4.79 Å². The van der Waals surface area contributed by atoms with E-state index in [0.29, 0.717) is 5.56 Å². The first kappa shape index (κ1) is 11.7. The average molecular weight is 221 g/mol. The summed E-state index contributed by atoms with van der Waals surface area (Å²) in [6.45, 7) is 0. The maximum atomic E-state index is 11.6. The third-order valence-corrected chi connectivity index (χ3v) is 1.72. The highest BCUT2D eigenvalue weighted by Gasteiger charge is 2.09. The lowest BCUT2D eigenvalue weighted by Gasteiger charge is -2.06. The molecule has 0 saturated carbocycles. The number of rotatable bonds is 1. The average Bonchev–Trinajstić information content (AvgIpc) is 2.28. The van der Waals surface area contributed by atoms with Gasteiger partial charge in [-0.3, -0.25) is 20.4 Å². The molecule has 0 aliphatic carbocycles. The summed E-state index contributed by atoms with van der Waals surface area (Å²) < 4.78 is 0. The third-order valence-electron chi connectivity index (χ3n) is 1.72. The number of carbonyl (C=O) groups is 2. The summed E-state index contributed by atoms with van der Waals surface area (Å²) in [6, 6.07) is 8.43. The van der Waals surface area contributed by atoms with Crippen LogP contribution >= 0.6 is 0 Å². The molecular weight excluding hydrogens is 210 g/mol. The molecule has 6 heteroatoms. The highest BCUT2D eigenvalue weighted by Crippen LogP contribution is 1.97. The Balaban J connectivity index is 2.67. The summed E-state index contributed by atoms with van der Waals surface area (Å²) in [6.07, 6.45) is -1.28. The van der Waals surface area contributed by atoms with Gasteiger partial charge in [-0.1, -0.05) is 18.2 Å². The first-order valence-electron chi connectivity index (χ1n) is 4.46. The fourth-order valence-electron chi connectivity index (χ4n) is 1.01. The minimum atomic E-state index is -1.28. The Labute approximate surface area is 92.0 Å². The zero-order valence-corrected chi connectivity index (χ0v) is 8.60. The van der Waals surface area contributed by atoms with Crippen molar-refractivity contribution in [2.24, 2.45) is 4.99 Å². The van der Waals surface area contributed by atoms with E-state index < -0.39 is 12.0 Å². The van der Waals surface area contributed by atoms with Gasteiger partial charge in [-0.05, 0) is 12.1 Å². The van der Waals surface area contributed by atoms with E-state index >= 15 is 0 Å². The van der Waals surface area contributed by atoms with Gasteiger partial charge < -0.3 is 5.11 Å². The molecule has 1 aromatic carbocycles. The molecule has 0 atom stereocenters. The van der Waals surface area contributed by atoms with E-state index in [1.165, 1.54) is 7.05 Å². The van der Waals surface area contributed by atoms with Crippen molar-refractivity contribution in [3.05, 3.63) is 35.9 Å². The largest absolute Gasteiger partial charge is 0.465 e. The van der Waals surface area contributed by atoms with E-state index in [-0.39, 0.29) is 5.96 Å². The van der Waals surface area contributed by atoms with Gasteiger partial charge in [0, 0.05) is 12.6 Å². The minimum Gasteiger partial charge on any atom is -0.465 e. The summed E-state index contributed by atoms with van der Waals surface area (Å²) >= 11 is 0. The van der Waals surface area contributed by atoms with E-state index in [2.05, 4.69) is 10.3 Å². The first-order valence-corrected chi connectivity index (χ1v) is 4.46. The van der Waals surface area contributed by atoms with Crippen LogP contribution in [0.5, 0.6) is 0 Å². The molecule has 16 heavy (non-hydrogen) atoms. The third kappa shape index (κ3) is 3.41. The molecule has 0 aliphatic heterocycles. The zero-order valence-electron chi connectivity index (χ0n) is 8.60. The number of aliphatic imine (C=N–C) groups is 1. The normalized spacial score (nSPS) is 10.7. The zero-order chi connectivity index (χ0) is 12.0. The predicted molar refractivity (Wildman–Crippen MR) is 58.4 cm³/mol. The van der Waals surface area contributed by atoms with Gasteiger partial charge in [0.15, 0.2) is 0 Å². The van der Waals surface area contributed by atoms with Crippen LogP contribution in [0.15, 0.2) is 35.3 Å².